The third kappa shape index (κ3) is 3.51. The van der Waals surface area contributed by atoms with Gasteiger partial charge in [0, 0.05) is 37.0 Å². The number of carbonyl (C=O) groups excluding carboxylic acids is 2. The Hall–Kier alpha value is -2.56. The minimum Gasteiger partial charge on any atom is -0.339 e. The summed E-state index contributed by atoms with van der Waals surface area (Å²) in [6.45, 7) is 11.6. The second-order valence-electron chi connectivity index (χ2n) is 7.56. The molecule has 0 atom stereocenters. The second kappa shape index (κ2) is 7.59. The standard InChI is InChI=1S/C22H27N3O2/c1-13-14(2)16(4)20(17(5)15(13)3)21(26)18-6-8-25(9-7-18)22(27)19-10-23-12-24-11-19/h10-12,18H,6-9H2,1-5H3. The van der Waals surface area contributed by atoms with Crippen LogP contribution in [0.2, 0.25) is 0 Å². The monoisotopic (exact) mass is 365 g/mol. The zero-order valence-electron chi connectivity index (χ0n) is 16.8. The number of hydrogen-bond donors (Lipinski definition) is 0. The van der Waals surface area contributed by atoms with Gasteiger partial charge in [-0.3, -0.25) is 9.59 Å². The number of nitrogens with zero attached hydrogens (tertiary/aromatic N) is 3. The minimum atomic E-state index is -0.0594. The van der Waals surface area contributed by atoms with E-state index in [0.717, 1.165) is 16.7 Å². The Bertz CT molecular complexity index is 853. The van der Waals surface area contributed by atoms with Crippen LogP contribution in [0.4, 0.5) is 0 Å². The van der Waals surface area contributed by atoms with Crippen molar-refractivity contribution in [2.75, 3.05) is 13.1 Å². The molecule has 1 amide bonds. The number of rotatable bonds is 3. The summed E-state index contributed by atoms with van der Waals surface area (Å²) in [6.07, 6.45) is 5.89. The number of amides is 1. The first kappa shape index (κ1) is 19.2. The van der Waals surface area contributed by atoms with Crippen molar-refractivity contribution in [3.05, 3.63) is 57.7 Å². The van der Waals surface area contributed by atoms with Gasteiger partial charge in [0.1, 0.15) is 6.33 Å². The Labute approximate surface area is 160 Å². The molecule has 0 aliphatic carbocycles. The molecule has 0 radical (unpaired) electrons. The third-order valence-corrected chi connectivity index (χ3v) is 6.21. The molecule has 0 saturated carbocycles. The Morgan fingerprint density at radius 1 is 0.852 bits per heavy atom. The molecule has 1 aromatic heterocycles. The van der Waals surface area contributed by atoms with Gasteiger partial charge in [-0.2, -0.15) is 0 Å². The van der Waals surface area contributed by atoms with E-state index in [1.54, 1.807) is 4.90 Å². The van der Waals surface area contributed by atoms with E-state index >= 15 is 0 Å². The van der Waals surface area contributed by atoms with Crippen LogP contribution in [0.5, 0.6) is 0 Å². The molecule has 0 spiro atoms. The lowest BCUT2D eigenvalue weighted by Crippen LogP contribution is -2.40. The Morgan fingerprint density at radius 2 is 1.33 bits per heavy atom. The molecule has 1 aliphatic rings. The van der Waals surface area contributed by atoms with Crippen LogP contribution in [-0.4, -0.2) is 39.6 Å². The van der Waals surface area contributed by atoms with Gasteiger partial charge in [-0.25, -0.2) is 9.97 Å². The first-order valence-corrected chi connectivity index (χ1v) is 9.48. The number of ketones is 1. The summed E-state index contributed by atoms with van der Waals surface area (Å²) < 4.78 is 0. The fraction of sp³-hybridized carbons (Fsp3) is 0.455. The maximum Gasteiger partial charge on any atom is 0.256 e. The fourth-order valence-corrected chi connectivity index (χ4v) is 4.01. The molecular weight excluding hydrogens is 338 g/mol. The van der Waals surface area contributed by atoms with Crippen LogP contribution in [-0.2, 0) is 0 Å². The molecule has 1 aliphatic heterocycles. The number of piperidine rings is 1. The molecule has 3 rings (SSSR count). The average Bonchev–Trinajstić information content (AvgIpc) is 2.71. The Balaban J connectivity index is 1.76. The minimum absolute atomic E-state index is 0.0278. The van der Waals surface area contributed by atoms with Crippen LogP contribution in [0, 0.1) is 40.5 Å². The third-order valence-electron chi connectivity index (χ3n) is 6.21. The molecule has 5 nitrogen and oxygen atoms in total. The predicted molar refractivity (Wildman–Crippen MR) is 105 cm³/mol. The van der Waals surface area contributed by atoms with Gasteiger partial charge in [-0.1, -0.05) is 0 Å². The van der Waals surface area contributed by atoms with Crippen LogP contribution >= 0.6 is 0 Å². The van der Waals surface area contributed by atoms with Crippen molar-refractivity contribution in [1.82, 2.24) is 14.9 Å². The van der Waals surface area contributed by atoms with E-state index in [-0.39, 0.29) is 17.6 Å². The van der Waals surface area contributed by atoms with Gasteiger partial charge in [0.05, 0.1) is 5.56 Å². The van der Waals surface area contributed by atoms with Crippen LogP contribution in [0.3, 0.4) is 0 Å². The summed E-state index contributed by atoms with van der Waals surface area (Å²) in [7, 11) is 0. The van der Waals surface area contributed by atoms with Gasteiger partial charge in [-0.15, -0.1) is 0 Å². The van der Waals surface area contributed by atoms with E-state index in [2.05, 4.69) is 44.6 Å². The molecule has 0 N–H and O–H groups in total. The molecule has 0 unspecified atom stereocenters. The number of Topliss-reactive ketones (excluding diaryl/α,β-unsaturated/α-hetero) is 1. The Kier molecular flexibility index (Phi) is 5.40. The lowest BCUT2D eigenvalue weighted by atomic mass is 9.81. The van der Waals surface area contributed by atoms with Crippen molar-refractivity contribution in [2.45, 2.75) is 47.5 Å². The summed E-state index contributed by atoms with van der Waals surface area (Å²) in [5, 5.41) is 0. The number of aromatic nitrogens is 2. The van der Waals surface area contributed by atoms with Gasteiger partial charge in [0.15, 0.2) is 5.78 Å². The van der Waals surface area contributed by atoms with Gasteiger partial charge in [0.2, 0.25) is 0 Å². The topological polar surface area (TPSA) is 63.2 Å². The fourth-order valence-electron chi connectivity index (χ4n) is 4.01. The number of benzene rings is 1. The average molecular weight is 365 g/mol. The molecule has 2 heterocycles. The summed E-state index contributed by atoms with van der Waals surface area (Å²) in [6, 6.07) is 0. The molecular formula is C22H27N3O2. The normalized spacial score (nSPS) is 15.1. The lowest BCUT2D eigenvalue weighted by Gasteiger charge is -2.32. The van der Waals surface area contributed by atoms with E-state index in [4.69, 9.17) is 0 Å². The van der Waals surface area contributed by atoms with Crippen molar-refractivity contribution in [3.8, 4) is 0 Å². The predicted octanol–water partition coefficient (Wildman–Crippen LogP) is 3.75. The summed E-state index contributed by atoms with van der Waals surface area (Å²) in [4.78, 5) is 35.4. The van der Waals surface area contributed by atoms with E-state index < -0.39 is 0 Å². The van der Waals surface area contributed by atoms with E-state index in [0.29, 0.717) is 31.5 Å². The van der Waals surface area contributed by atoms with E-state index in [9.17, 15) is 9.59 Å². The highest BCUT2D eigenvalue weighted by Crippen LogP contribution is 2.31. The molecule has 1 aromatic carbocycles. The van der Waals surface area contributed by atoms with Gasteiger partial charge in [-0.05, 0) is 75.3 Å². The number of hydrogen-bond acceptors (Lipinski definition) is 4. The lowest BCUT2D eigenvalue weighted by molar-refractivity contribution is 0.0649. The SMILES string of the molecule is Cc1c(C)c(C)c(C(=O)C2CCN(C(=O)c3cncnc3)CC2)c(C)c1C. The van der Waals surface area contributed by atoms with Crippen molar-refractivity contribution in [3.63, 3.8) is 0 Å². The van der Waals surface area contributed by atoms with Gasteiger partial charge in [0.25, 0.3) is 5.91 Å². The van der Waals surface area contributed by atoms with Crippen molar-refractivity contribution >= 4 is 11.7 Å². The largest absolute Gasteiger partial charge is 0.339 e. The van der Waals surface area contributed by atoms with Crippen LogP contribution < -0.4 is 0 Å². The molecule has 27 heavy (non-hydrogen) atoms. The van der Waals surface area contributed by atoms with E-state index in [1.807, 2.05) is 0 Å². The highest BCUT2D eigenvalue weighted by molar-refractivity contribution is 6.01. The molecule has 5 heteroatoms. The van der Waals surface area contributed by atoms with Crippen LogP contribution in [0.25, 0.3) is 0 Å². The quantitative estimate of drug-likeness (QED) is 0.777. The van der Waals surface area contributed by atoms with Crippen LogP contribution in [0.1, 0.15) is 61.4 Å². The molecule has 2 aromatic rings. The number of likely N-dealkylation sites (tertiary alicyclic amines) is 1. The summed E-state index contributed by atoms with van der Waals surface area (Å²) in [5.41, 5.74) is 7.26. The van der Waals surface area contributed by atoms with E-state index in [1.165, 1.54) is 35.4 Å². The highest BCUT2D eigenvalue weighted by atomic mass is 16.2. The first-order valence-electron chi connectivity index (χ1n) is 9.48. The Morgan fingerprint density at radius 3 is 1.85 bits per heavy atom. The molecule has 1 fully saturated rings. The molecule has 1 saturated heterocycles. The highest BCUT2D eigenvalue weighted by Gasteiger charge is 2.30. The summed E-state index contributed by atoms with van der Waals surface area (Å²) in [5.74, 6) is 0.141. The van der Waals surface area contributed by atoms with Crippen molar-refractivity contribution < 1.29 is 9.59 Å². The van der Waals surface area contributed by atoms with Crippen molar-refractivity contribution in [2.24, 2.45) is 5.92 Å². The second-order valence-corrected chi connectivity index (χ2v) is 7.56. The maximum absolute atomic E-state index is 13.3. The smallest absolute Gasteiger partial charge is 0.256 e. The molecule has 0 bridgehead atoms. The maximum atomic E-state index is 13.3. The first-order chi connectivity index (χ1) is 12.8. The van der Waals surface area contributed by atoms with Crippen molar-refractivity contribution in [1.29, 1.82) is 0 Å². The summed E-state index contributed by atoms with van der Waals surface area (Å²) >= 11 is 0. The number of carbonyl (C=O) groups is 2. The van der Waals surface area contributed by atoms with Gasteiger partial charge >= 0.3 is 0 Å². The zero-order valence-corrected chi connectivity index (χ0v) is 16.8. The zero-order chi connectivity index (χ0) is 19.7. The van der Waals surface area contributed by atoms with Crippen LogP contribution in [0.15, 0.2) is 18.7 Å². The molecule has 142 valence electrons. The van der Waals surface area contributed by atoms with Gasteiger partial charge < -0.3 is 4.90 Å².